The van der Waals surface area contributed by atoms with Crippen molar-refractivity contribution in [3.8, 4) is 6.07 Å². The van der Waals surface area contributed by atoms with Gasteiger partial charge in [-0.3, -0.25) is 0 Å². The summed E-state index contributed by atoms with van der Waals surface area (Å²) in [6.07, 6.45) is 6.85. The summed E-state index contributed by atoms with van der Waals surface area (Å²) in [6, 6.07) is 2.87. The molecule has 1 rings (SSSR count). The molecular weight excluding hydrogens is 192 g/mol. The first-order valence-electron chi connectivity index (χ1n) is 5.43. The Balaban J connectivity index is 2.15. The summed E-state index contributed by atoms with van der Waals surface area (Å²) in [4.78, 5) is 0. The van der Waals surface area contributed by atoms with E-state index in [1.165, 1.54) is 19.3 Å². The molecule has 3 unspecified atom stereocenters. The number of nitriles is 1. The van der Waals surface area contributed by atoms with Gasteiger partial charge in [-0.15, -0.1) is 0 Å². The Morgan fingerprint density at radius 2 is 2.36 bits per heavy atom. The van der Waals surface area contributed by atoms with Crippen molar-refractivity contribution >= 4 is 11.8 Å². The van der Waals surface area contributed by atoms with E-state index in [2.05, 4.69) is 24.6 Å². The molecule has 1 fully saturated rings. The maximum Gasteiger partial charge on any atom is 0.0672 e. The third kappa shape index (κ3) is 3.51. The second-order valence-electron chi connectivity index (χ2n) is 4.06. The lowest BCUT2D eigenvalue weighted by atomic mass is 10.1. The van der Waals surface area contributed by atoms with Gasteiger partial charge in [-0.2, -0.15) is 17.0 Å². The summed E-state index contributed by atoms with van der Waals surface area (Å²) in [6.45, 7) is 3.31. The van der Waals surface area contributed by atoms with Crippen LogP contribution in [0.5, 0.6) is 0 Å². The van der Waals surface area contributed by atoms with Crippen molar-refractivity contribution in [3.63, 3.8) is 0 Å². The van der Waals surface area contributed by atoms with Gasteiger partial charge < -0.3 is 5.32 Å². The molecule has 1 aliphatic carbocycles. The van der Waals surface area contributed by atoms with E-state index in [1.807, 2.05) is 11.8 Å². The predicted octanol–water partition coefficient (Wildman–Crippen LogP) is 2.41. The largest absolute Gasteiger partial charge is 0.313 e. The molecule has 0 aliphatic heterocycles. The molecular formula is C11H20N2S. The molecule has 0 aromatic rings. The average Bonchev–Trinajstić information content (AvgIpc) is 2.65. The van der Waals surface area contributed by atoms with Crippen LogP contribution in [0.15, 0.2) is 0 Å². The highest BCUT2D eigenvalue weighted by atomic mass is 32.2. The summed E-state index contributed by atoms with van der Waals surface area (Å²) in [5, 5.41) is 13.1. The van der Waals surface area contributed by atoms with Crippen LogP contribution in [0.4, 0.5) is 0 Å². The Morgan fingerprint density at radius 3 is 3.00 bits per heavy atom. The van der Waals surface area contributed by atoms with Crippen molar-refractivity contribution < 1.29 is 0 Å². The molecule has 0 aromatic carbocycles. The van der Waals surface area contributed by atoms with Crippen molar-refractivity contribution in [2.75, 3.05) is 12.8 Å². The van der Waals surface area contributed by atoms with Gasteiger partial charge in [0.25, 0.3) is 0 Å². The minimum atomic E-state index is 0.264. The quantitative estimate of drug-likeness (QED) is 0.760. The number of nitrogens with zero attached hydrogens (tertiary/aromatic N) is 1. The van der Waals surface area contributed by atoms with E-state index in [9.17, 15) is 0 Å². The van der Waals surface area contributed by atoms with E-state index >= 15 is 0 Å². The fraction of sp³-hybridized carbons (Fsp3) is 0.909. The zero-order valence-corrected chi connectivity index (χ0v) is 9.94. The molecule has 0 spiro atoms. The van der Waals surface area contributed by atoms with Crippen molar-refractivity contribution in [3.05, 3.63) is 0 Å². The topological polar surface area (TPSA) is 35.8 Å². The molecule has 0 bridgehead atoms. The summed E-state index contributed by atoms with van der Waals surface area (Å²) in [5.41, 5.74) is 0. The number of hydrogen-bond acceptors (Lipinski definition) is 3. The Bertz CT molecular complexity index is 200. The highest BCUT2D eigenvalue weighted by molar-refractivity contribution is 7.99. The molecule has 3 heteroatoms. The van der Waals surface area contributed by atoms with Crippen LogP contribution in [0.3, 0.4) is 0 Å². The molecule has 1 aliphatic rings. The van der Waals surface area contributed by atoms with Gasteiger partial charge in [0, 0.05) is 11.3 Å². The average molecular weight is 212 g/mol. The second-order valence-corrected chi connectivity index (χ2v) is 5.34. The molecule has 0 aromatic heterocycles. The first-order chi connectivity index (χ1) is 6.77. The van der Waals surface area contributed by atoms with Crippen LogP contribution in [0.25, 0.3) is 0 Å². The van der Waals surface area contributed by atoms with Gasteiger partial charge in [0.15, 0.2) is 0 Å². The molecule has 0 radical (unpaired) electrons. The Hall–Kier alpha value is -0.200. The van der Waals surface area contributed by atoms with Crippen LogP contribution in [-0.4, -0.2) is 24.1 Å². The van der Waals surface area contributed by atoms with Crippen LogP contribution >= 0.6 is 11.8 Å². The third-order valence-corrected chi connectivity index (χ3v) is 4.08. The Kier molecular flexibility index (Phi) is 5.36. The maximum absolute atomic E-state index is 8.90. The van der Waals surface area contributed by atoms with Gasteiger partial charge in [-0.25, -0.2) is 0 Å². The number of rotatable bonds is 5. The smallest absolute Gasteiger partial charge is 0.0672 e. The fourth-order valence-electron chi connectivity index (χ4n) is 1.95. The van der Waals surface area contributed by atoms with Gasteiger partial charge in [-0.05, 0) is 32.1 Å². The first-order valence-corrected chi connectivity index (χ1v) is 6.72. The molecule has 0 saturated heterocycles. The van der Waals surface area contributed by atoms with Crippen LogP contribution in [0.1, 0.15) is 32.6 Å². The van der Waals surface area contributed by atoms with Crippen LogP contribution in [-0.2, 0) is 0 Å². The van der Waals surface area contributed by atoms with Crippen LogP contribution < -0.4 is 5.32 Å². The first kappa shape index (κ1) is 11.9. The normalized spacial score (nSPS) is 28.6. The maximum atomic E-state index is 8.90. The van der Waals surface area contributed by atoms with E-state index in [0.717, 1.165) is 18.2 Å². The molecule has 1 N–H and O–H groups in total. The lowest BCUT2D eigenvalue weighted by Gasteiger charge is -2.16. The fourth-order valence-corrected chi connectivity index (χ4v) is 2.30. The minimum absolute atomic E-state index is 0.264. The lowest BCUT2D eigenvalue weighted by molar-refractivity contribution is 0.461. The summed E-state index contributed by atoms with van der Waals surface area (Å²) >= 11 is 1.91. The summed E-state index contributed by atoms with van der Waals surface area (Å²) in [5.74, 6) is 0.264. The van der Waals surface area contributed by atoms with Gasteiger partial charge in [0.2, 0.25) is 0 Å². The summed E-state index contributed by atoms with van der Waals surface area (Å²) in [7, 11) is 0. The predicted molar refractivity (Wildman–Crippen MR) is 62.3 cm³/mol. The van der Waals surface area contributed by atoms with Gasteiger partial charge >= 0.3 is 0 Å². The summed E-state index contributed by atoms with van der Waals surface area (Å²) < 4.78 is 0. The van der Waals surface area contributed by atoms with E-state index in [0.29, 0.717) is 6.04 Å². The Labute approximate surface area is 91.4 Å². The standard InChI is InChI=1S/C11H20N2S/c1-9(14-2)6-7-13-11-5-3-4-10(11)8-12/h9-11,13H,3-7H2,1-2H3. The third-order valence-electron chi connectivity index (χ3n) is 3.04. The molecule has 14 heavy (non-hydrogen) atoms. The lowest BCUT2D eigenvalue weighted by Crippen LogP contribution is -2.33. The zero-order valence-electron chi connectivity index (χ0n) is 9.12. The number of nitrogens with one attached hydrogen (secondary N) is 1. The van der Waals surface area contributed by atoms with E-state index in [-0.39, 0.29) is 5.92 Å². The molecule has 2 nitrogen and oxygen atoms in total. The van der Waals surface area contributed by atoms with E-state index < -0.39 is 0 Å². The Morgan fingerprint density at radius 1 is 1.57 bits per heavy atom. The monoisotopic (exact) mass is 212 g/mol. The van der Waals surface area contributed by atoms with Crippen molar-refractivity contribution in [1.29, 1.82) is 5.26 Å². The molecule has 1 saturated carbocycles. The number of thioether (sulfide) groups is 1. The van der Waals surface area contributed by atoms with E-state index in [4.69, 9.17) is 5.26 Å². The molecule has 3 atom stereocenters. The zero-order chi connectivity index (χ0) is 10.4. The molecule has 0 amide bonds. The SMILES string of the molecule is CSC(C)CCNC1CCCC1C#N. The molecule has 80 valence electrons. The van der Waals surface area contributed by atoms with Gasteiger partial charge in [0.1, 0.15) is 0 Å². The van der Waals surface area contributed by atoms with Crippen molar-refractivity contribution in [2.45, 2.75) is 43.9 Å². The highest BCUT2D eigenvalue weighted by Gasteiger charge is 2.26. The van der Waals surface area contributed by atoms with Crippen LogP contribution in [0.2, 0.25) is 0 Å². The minimum Gasteiger partial charge on any atom is -0.313 e. The van der Waals surface area contributed by atoms with Gasteiger partial charge in [0.05, 0.1) is 12.0 Å². The van der Waals surface area contributed by atoms with Crippen molar-refractivity contribution in [2.24, 2.45) is 5.92 Å². The molecule has 0 heterocycles. The second kappa shape index (κ2) is 6.31. The van der Waals surface area contributed by atoms with Crippen molar-refractivity contribution in [1.82, 2.24) is 5.32 Å². The van der Waals surface area contributed by atoms with Crippen LogP contribution in [0, 0.1) is 17.2 Å². The van der Waals surface area contributed by atoms with E-state index in [1.54, 1.807) is 0 Å². The number of hydrogen-bond donors (Lipinski definition) is 1. The highest BCUT2D eigenvalue weighted by Crippen LogP contribution is 2.24. The van der Waals surface area contributed by atoms with Gasteiger partial charge in [-0.1, -0.05) is 13.3 Å².